The van der Waals surface area contributed by atoms with Gasteiger partial charge in [0.15, 0.2) is 0 Å². The second-order valence-electron chi connectivity index (χ2n) is 10.5. The van der Waals surface area contributed by atoms with E-state index in [4.69, 9.17) is 13.0 Å². The Kier molecular flexibility index (Phi) is 62.1. The summed E-state index contributed by atoms with van der Waals surface area (Å²) < 4.78 is 37.5. The summed E-state index contributed by atoms with van der Waals surface area (Å²) in [5.41, 5.74) is 0. The molecular weight excluding hydrogens is 592 g/mol. The van der Waals surface area contributed by atoms with Crippen LogP contribution in [0.3, 0.4) is 0 Å². The number of aliphatic hydroxyl groups is 1. The first-order chi connectivity index (χ1) is 20.8. The normalized spacial score (nSPS) is 9.67. The second-order valence-corrected chi connectivity index (χ2v) is 12.0. The van der Waals surface area contributed by atoms with Crippen molar-refractivity contribution in [3.05, 3.63) is 50.1 Å². The van der Waals surface area contributed by atoms with Crippen LogP contribution in [0.4, 0.5) is 0 Å². The van der Waals surface area contributed by atoms with Crippen LogP contribution in [0.15, 0.2) is 35.2 Å². The molecule has 0 amide bonds. The van der Waals surface area contributed by atoms with Crippen LogP contribution in [0.25, 0.3) is 0 Å². The minimum absolute atomic E-state index is 0.0741. The molecule has 2 N–H and O–H groups in total. The number of hydrogen-bond acceptors (Lipinski definition) is 4. The van der Waals surface area contributed by atoms with E-state index in [0.29, 0.717) is 6.61 Å². The van der Waals surface area contributed by atoms with Crippen LogP contribution >= 0.6 is 0 Å². The van der Waals surface area contributed by atoms with Gasteiger partial charge in [-0.05, 0) is 18.6 Å². The molecule has 0 aliphatic rings. The predicted octanol–water partition coefficient (Wildman–Crippen LogP) is 11.9. The molecule has 1 aromatic carbocycles. The fourth-order valence-electron chi connectivity index (χ4n) is 3.68. The zero-order valence-corrected chi connectivity index (χ0v) is 31.5. The van der Waals surface area contributed by atoms with Crippen LogP contribution < -0.4 is 0 Å². The average Bonchev–Trinajstić information content (AvgIpc) is 3.00. The molecule has 0 spiro atoms. The van der Waals surface area contributed by atoms with Gasteiger partial charge in [-0.1, -0.05) is 148 Å². The molecule has 1 aromatic rings. The van der Waals surface area contributed by atoms with Crippen molar-refractivity contribution in [2.45, 2.75) is 175 Å². The summed E-state index contributed by atoms with van der Waals surface area (Å²) >= 11 is 0.750. The summed E-state index contributed by atoms with van der Waals surface area (Å²) in [7, 11) is -4.00. The summed E-state index contributed by atoms with van der Waals surface area (Å²) in [4.78, 5) is -0.0741. The molecule has 0 bridgehead atoms. The Labute approximate surface area is 282 Å². The standard InChI is InChI=1S/C12H26O.C12H25.C6H6O3S.2C3H7.O.Ti/c1-2-3-4-5-6-7-8-9-10-11-12-13;1-3-5-7-9-11-12-10-8-6-4-2;7-10(8,9)6-4-2-1-3-5-6;2*1-3-2;;/h13H,2-12H2,1H3;1,3-12H2,2H3;1-5H,(H,7,8,9);2*3H,1-2H3;;/q;-1;;2*-1;;. The first-order valence-electron chi connectivity index (χ1n) is 16.9. The Morgan fingerprint density at radius 3 is 1.12 bits per heavy atom. The summed E-state index contributed by atoms with van der Waals surface area (Å²) in [5.74, 6) is 0. The topological polar surface area (TPSA) is 91.7 Å². The Balaban J connectivity index is -0.000000150. The fraction of sp³-hybridized carbons (Fsp3) is 0.750. The molecule has 0 heterocycles. The van der Waals surface area contributed by atoms with Gasteiger partial charge in [0.1, 0.15) is 0 Å². The number of aliphatic hydroxyl groups excluding tert-OH is 1. The molecule has 0 atom stereocenters. The van der Waals surface area contributed by atoms with Crippen LogP contribution in [-0.2, 0) is 33.8 Å². The maximum absolute atomic E-state index is 10.4. The van der Waals surface area contributed by atoms with Gasteiger partial charge in [0.25, 0.3) is 10.1 Å². The van der Waals surface area contributed by atoms with E-state index in [1.165, 1.54) is 128 Å². The van der Waals surface area contributed by atoms with E-state index in [1.807, 2.05) is 40.5 Å². The van der Waals surface area contributed by atoms with Crippen molar-refractivity contribution in [1.82, 2.24) is 0 Å². The summed E-state index contributed by atoms with van der Waals surface area (Å²) in [5, 5.41) is 8.57. The van der Waals surface area contributed by atoms with Crippen molar-refractivity contribution in [2.75, 3.05) is 6.61 Å². The number of benzene rings is 1. The molecule has 0 saturated heterocycles. The molecule has 0 fully saturated rings. The van der Waals surface area contributed by atoms with Gasteiger partial charge < -0.3 is 24.9 Å². The van der Waals surface area contributed by atoms with E-state index in [2.05, 4.69) is 20.8 Å². The SMILES string of the molecule is CCCCCCCCCCCCO.C[CH-]C.C[CH-]C.O=S(=O)(O)c1ccccc1.[CH2-]CCCCCCCCCCC.[O]=[Ti]. The van der Waals surface area contributed by atoms with Gasteiger partial charge in [0, 0.05) is 6.61 Å². The molecule has 0 aliphatic carbocycles. The van der Waals surface area contributed by atoms with Crippen LogP contribution in [-0.4, -0.2) is 24.7 Å². The molecule has 0 aliphatic heterocycles. The third-order valence-corrected chi connectivity index (χ3v) is 6.77. The maximum atomic E-state index is 10.4. The third kappa shape index (κ3) is 61.4. The van der Waals surface area contributed by atoms with Gasteiger partial charge >= 0.3 is 23.7 Å². The van der Waals surface area contributed by atoms with E-state index in [-0.39, 0.29) is 4.90 Å². The van der Waals surface area contributed by atoms with E-state index >= 15 is 0 Å². The average molecular weight is 664 g/mol. The van der Waals surface area contributed by atoms with E-state index in [0.717, 1.165) is 33.2 Å². The monoisotopic (exact) mass is 663 g/mol. The molecule has 0 aromatic heterocycles. The molecular formula is C36H71O5STi-3. The Hall–Kier alpha value is -0.396. The zero-order valence-electron chi connectivity index (χ0n) is 29.1. The summed E-state index contributed by atoms with van der Waals surface area (Å²) in [6.45, 7) is 16.7. The molecule has 5 nitrogen and oxygen atoms in total. The van der Waals surface area contributed by atoms with Gasteiger partial charge in [-0.25, -0.2) is 0 Å². The zero-order chi connectivity index (χ0) is 33.9. The first kappa shape index (κ1) is 52.2. The molecule has 1 rings (SSSR count). The van der Waals surface area contributed by atoms with Gasteiger partial charge in [0.2, 0.25) is 0 Å². The Morgan fingerprint density at radius 1 is 0.605 bits per heavy atom. The van der Waals surface area contributed by atoms with Crippen LogP contribution in [0.1, 0.15) is 170 Å². The quantitative estimate of drug-likeness (QED) is 0.0627. The van der Waals surface area contributed by atoms with Crippen molar-refractivity contribution >= 4 is 10.1 Å². The fourth-order valence-corrected chi connectivity index (χ4v) is 4.18. The van der Waals surface area contributed by atoms with Crippen molar-refractivity contribution in [2.24, 2.45) is 0 Å². The Morgan fingerprint density at radius 2 is 0.884 bits per heavy atom. The van der Waals surface area contributed by atoms with E-state index in [1.54, 1.807) is 18.2 Å². The van der Waals surface area contributed by atoms with Crippen molar-refractivity contribution in [3.63, 3.8) is 0 Å². The molecule has 0 unspecified atom stereocenters. The Bertz CT molecular complexity index is 635. The molecule has 0 saturated carbocycles. The van der Waals surface area contributed by atoms with Crippen LogP contribution in [0, 0.1) is 19.8 Å². The predicted molar refractivity (Wildman–Crippen MR) is 184 cm³/mol. The van der Waals surface area contributed by atoms with Crippen LogP contribution in [0.5, 0.6) is 0 Å². The van der Waals surface area contributed by atoms with Crippen molar-refractivity contribution in [1.29, 1.82) is 0 Å². The molecule has 43 heavy (non-hydrogen) atoms. The second kappa shape index (κ2) is 51.2. The minimum atomic E-state index is -4.00. The van der Waals surface area contributed by atoms with Crippen molar-refractivity contribution < 1.29 is 41.8 Å². The van der Waals surface area contributed by atoms with Gasteiger partial charge in [-0.3, -0.25) is 4.55 Å². The number of rotatable bonds is 20. The van der Waals surface area contributed by atoms with E-state index < -0.39 is 10.1 Å². The number of hydrogen-bond donors (Lipinski definition) is 2. The molecule has 258 valence electrons. The van der Waals surface area contributed by atoms with Gasteiger partial charge in [0.05, 0.1) is 4.90 Å². The van der Waals surface area contributed by atoms with Crippen LogP contribution in [0.2, 0.25) is 0 Å². The summed E-state index contributed by atoms with van der Waals surface area (Å²) in [6.07, 6.45) is 31.2. The third-order valence-electron chi connectivity index (χ3n) is 5.91. The summed E-state index contributed by atoms with van der Waals surface area (Å²) in [6, 6.07) is 7.42. The van der Waals surface area contributed by atoms with Crippen molar-refractivity contribution in [3.8, 4) is 0 Å². The molecule has 7 heteroatoms. The van der Waals surface area contributed by atoms with E-state index in [9.17, 15) is 8.42 Å². The number of unbranched alkanes of at least 4 members (excludes halogenated alkanes) is 18. The first-order valence-corrected chi connectivity index (χ1v) is 19.0. The van der Waals surface area contributed by atoms with Gasteiger partial charge in [-0.15, -0.1) is 0 Å². The molecule has 0 radical (unpaired) electrons. The van der Waals surface area contributed by atoms with Gasteiger partial charge in [-0.2, -0.15) is 42.5 Å².